The van der Waals surface area contributed by atoms with Gasteiger partial charge in [0.25, 0.3) is 0 Å². The molecule has 1 N–H and O–H groups in total. The lowest BCUT2D eigenvalue weighted by molar-refractivity contribution is -0.117. The van der Waals surface area contributed by atoms with Crippen LogP contribution in [0.5, 0.6) is 11.5 Å². The van der Waals surface area contributed by atoms with Crippen molar-refractivity contribution in [2.75, 3.05) is 31.0 Å². The molecule has 0 atom stereocenters. The summed E-state index contributed by atoms with van der Waals surface area (Å²) >= 11 is 0. The number of carbonyl (C=O) groups excluding carboxylic acids is 2. The molecule has 1 aliphatic rings. The van der Waals surface area contributed by atoms with E-state index >= 15 is 0 Å². The normalized spacial score (nSPS) is 13.6. The minimum Gasteiger partial charge on any atom is -0.497 e. The fourth-order valence-electron chi connectivity index (χ4n) is 3.11. The zero-order chi connectivity index (χ0) is 18.5. The van der Waals surface area contributed by atoms with Crippen molar-refractivity contribution >= 4 is 23.2 Å². The summed E-state index contributed by atoms with van der Waals surface area (Å²) in [6.45, 7) is 0.676. The number of amides is 2. The van der Waals surface area contributed by atoms with Crippen molar-refractivity contribution in [3.05, 3.63) is 48.0 Å². The highest BCUT2D eigenvalue weighted by molar-refractivity contribution is 6.02. The highest BCUT2D eigenvalue weighted by Crippen LogP contribution is 2.30. The fourth-order valence-corrected chi connectivity index (χ4v) is 3.11. The molecule has 6 heteroatoms. The lowest BCUT2D eigenvalue weighted by atomic mass is 10.1. The van der Waals surface area contributed by atoms with E-state index < -0.39 is 0 Å². The van der Waals surface area contributed by atoms with Crippen LogP contribution in [-0.2, 0) is 16.0 Å². The first-order valence-corrected chi connectivity index (χ1v) is 8.52. The molecule has 2 aromatic rings. The molecule has 0 radical (unpaired) electrons. The van der Waals surface area contributed by atoms with Gasteiger partial charge in [-0.1, -0.05) is 12.1 Å². The molecule has 0 unspecified atom stereocenters. The SMILES string of the molecule is COc1ccc(OC)c(CC(=O)Nc2ccccc2N2CCCC2=O)c1. The maximum absolute atomic E-state index is 12.6. The summed E-state index contributed by atoms with van der Waals surface area (Å²) in [5.41, 5.74) is 2.11. The van der Waals surface area contributed by atoms with Crippen molar-refractivity contribution < 1.29 is 19.1 Å². The number of nitrogens with zero attached hydrogens (tertiary/aromatic N) is 1. The van der Waals surface area contributed by atoms with E-state index in [0.717, 1.165) is 17.7 Å². The number of para-hydroxylation sites is 2. The monoisotopic (exact) mass is 354 g/mol. The topological polar surface area (TPSA) is 67.9 Å². The highest BCUT2D eigenvalue weighted by atomic mass is 16.5. The number of anilines is 2. The van der Waals surface area contributed by atoms with Crippen molar-refractivity contribution in [2.24, 2.45) is 0 Å². The predicted octanol–water partition coefficient (Wildman–Crippen LogP) is 3.01. The van der Waals surface area contributed by atoms with Gasteiger partial charge in [0.1, 0.15) is 11.5 Å². The van der Waals surface area contributed by atoms with Crippen LogP contribution in [0, 0.1) is 0 Å². The maximum atomic E-state index is 12.6. The van der Waals surface area contributed by atoms with Gasteiger partial charge < -0.3 is 19.7 Å². The Morgan fingerprint density at radius 3 is 2.65 bits per heavy atom. The number of rotatable bonds is 6. The Balaban J connectivity index is 1.78. The van der Waals surface area contributed by atoms with Crippen LogP contribution in [0.25, 0.3) is 0 Å². The molecule has 1 heterocycles. The summed E-state index contributed by atoms with van der Waals surface area (Å²) in [4.78, 5) is 26.4. The summed E-state index contributed by atoms with van der Waals surface area (Å²) in [7, 11) is 3.15. The number of hydrogen-bond donors (Lipinski definition) is 1. The zero-order valence-corrected chi connectivity index (χ0v) is 15.0. The van der Waals surface area contributed by atoms with Gasteiger partial charge in [0.15, 0.2) is 0 Å². The van der Waals surface area contributed by atoms with E-state index in [4.69, 9.17) is 9.47 Å². The molecule has 3 rings (SSSR count). The van der Waals surface area contributed by atoms with Crippen molar-refractivity contribution in [3.63, 3.8) is 0 Å². The molecule has 0 spiro atoms. The third-order valence-electron chi connectivity index (χ3n) is 4.38. The van der Waals surface area contributed by atoms with E-state index in [1.807, 2.05) is 24.3 Å². The van der Waals surface area contributed by atoms with Crippen LogP contribution in [-0.4, -0.2) is 32.6 Å². The van der Waals surface area contributed by atoms with Gasteiger partial charge in [0.2, 0.25) is 11.8 Å². The first-order valence-electron chi connectivity index (χ1n) is 8.52. The van der Waals surface area contributed by atoms with Gasteiger partial charge in [-0.3, -0.25) is 9.59 Å². The second kappa shape index (κ2) is 7.91. The molecule has 1 saturated heterocycles. The number of methoxy groups -OCH3 is 2. The minimum absolute atomic E-state index is 0.0844. The van der Waals surface area contributed by atoms with E-state index in [0.29, 0.717) is 30.2 Å². The van der Waals surface area contributed by atoms with Gasteiger partial charge in [-0.05, 0) is 36.8 Å². The Kier molecular flexibility index (Phi) is 5.41. The number of carbonyl (C=O) groups is 2. The summed E-state index contributed by atoms with van der Waals surface area (Å²) in [5.74, 6) is 1.19. The predicted molar refractivity (Wildman–Crippen MR) is 99.9 cm³/mol. The van der Waals surface area contributed by atoms with E-state index in [9.17, 15) is 9.59 Å². The molecule has 0 aliphatic carbocycles. The van der Waals surface area contributed by atoms with Crippen LogP contribution in [0.3, 0.4) is 0 Å². The Labute approximate surface area is 152 Å². The lowest BCUT2D eigenvalue weighted by Crippen LogP contribution is -2.26. The maximum Gasteiger partial charge on any atom is 0.228 e. The zero-order valence-electron chi connectivity index (χ0n) is 15.0. The molecule has 0 saturated carbocycles. The summed E-state index contributed by atoms with van der Waals surface area (Å²) in [6, 6.07) is 12.7. The summed E-state index contributed by atoms with van der Waals surface area (Å²) in [5, 5.41) is 2.92. The molecular formula is C20H22N2O4. The third-order valence-corrected chi connectivity index (χ3v) is 4.38. The number of nitrogens with one attached hydrogen (secondary N) is 1. The molecule has 1 aliphatic heterocycles. The molecule has 0 bridgehead atoms. The van der Waals surface area contributed by atoms with Crippen LogP contribution in [0.2, 0.25) is 0 Å². The number of ether oxygens (including phenoxy) is 2. The molecule has 0 aromatic heterocycles. The standard InChI is InChI=1S/C20H22N2O4/c1-25-15-9-10-18(26-2)14(12-15)13-19(23)21-16-6-3-4-7-17(16)22-11-5-8-20(22)24/h3-4,6-7,9-10,12H,5,8,11,13H2,1-2H3,(H,21,23). The first kappa shape index (κ1) is 17.8. The smallest absolute Gasteiger partial charge is 0.228 e. The van der Waals surface area contributed by atoms with Gasteiger partial charge >= 0.3 is 0 Å². The lowest BCUT2D eigenvalue weighted by Gasteiger charge is -2.20. The second-order valence-corrected chi connectivity index (χ2v) is 6.07. The van der Waals surface area contributed by atoms with E-state index in [1.54, 1.807) is 37.3 Å². The number of hydrogen-bond acceptors (Lipinski definition) is 4. The largest absolute Gasteiger partial charge is 0.497 e. The van der Waals surface area contributed by atoms with Crippen molar-refractivity contribution in [3.8, 4) is 11.5 Å². The third kappa shape index (κ3) is 3.79. The van der Waals surface area contributed by atoms with E-state index in [2.05, 4.69) is 5.32 Å². The van der Waals surface area contributed by atoms with Crippen LogP contribution in [0.4, 0.5) is 11.4 Å². The Morgan fingerprint density at radius 1 is 1.15 bits per heavy atom. The Bertz CT molecular complexity index is 819. The van der Waals surface area contributed by atoms with Crippen LogP contribution in [0.1, 0.15) is 18.4 Å². The molecule has 26 heavy (non-hydrogen) atoms. The summed E-state index contributed by atoms with van der Waals surface area (Å²) in [6.07, 6.45) is 1.52. The average Bonchev–Trinajstić information content (AvgIpc) is 3.07. The molecule has 2 aromatic carbocycles. The first-order chi connectivity index (χ1) is 12.6. The highest BCUT2D eigenvalue weighted by Gasteiger charge is 2.24. The fraction of sp³-hybridized carbons (Fsp3) is 0.300. The quantitative estimate of drug-likeness (QED) is 0.866. The van der Waals surface area contributed by atoms with Crippen molar-refractivity contribution in [2.45, 2.75) is 19.3 Å². The van der Waals surface area contributed by atoms with Gasteiger partial charge in [-0.25, -0.2) is 0 Å². The minimum atomic E-state index is -0.185. The molecule has 136 valence electrons. The Hall–Kier alpha value is -3.02. The Morgan fingerprint density at radius 2 is 1.96 bits per heavy atom. The van der Waals surface area contributed by atoms with E-state index in [-0.39, 0.29) is 18.2 Å². The summed E-state index contributed by atoms with van der Waals surface area (Å²) < 4.78 is 10.5. The second-order valence-electron chi connectivity index (χ2n) is 6.07. The van der Waals surface area contributed by atoms with Crippen LogP contribution in [0.15, 0.2) is 42.5 Å². The van der Waals surface area contributed by atoms with Crippen LogP contribution >= 0.6 is 0 Å². The van der Waals surface area contributed by atoms with Crippen LogP contribution < -0.4 is 19.7 Å². The molecule has 2 amide bonds. The van der Waals surface area contributed by atoms with Gasteiger partial charge in [-0.2, -0.15) is 0 Å². The van der Waals surface area contributed by atoms with Crippen molar-refractivity contribution in [1.29, 1.82) is 0 Å². The number of benzene rings is 2. The average molecular weight is 354 g/mol. The van der Waals surface area contributed by atoms with Gasteiger partial charge in [-0.15, -0.1) is 0 Å². The van der Waals surface area contributed by atoms with Gasteiger partial charge in [0.05, 0.1) is 32.0 Å². The molecular weight excluding hydrogens is 332 g/mol. The van der Waals surface area contributed by atoms with Crippen molar-refractivity contribution in [1.82, 2.24) is 0 Å². The van der Waals surface area contributed by atoms with Gasteiger partial charge in [0, 0.05) is 18.5 Å². The molecule has 6 nitrogen and oxygen atoms in total. The van der Waals surface area contributed by atoms with E-state index in [1.165, 1.54) is 0 Å². The molecule has 1 fully saturated rings.